The first-order chi connectivity index (χ1) is 9.00. The number of hydrogen-bond donors (Lipinski definition) is 2. The van der Waals surface area contributed by atoms with Gasteiger partial charge in [-0.2, -0.15) is 5.10 Å². The molecule has 0 bridgehead atoms. The minimum absolute atomic E-state index is 0.369. The van der Waals surface area contributed by atoms with Crippen LogP contribution in [0.1, 0.15) is 25.6 Å². The summed E-state index contributed by atoms with van der Waals surface area (Å²) in [7, 11) is 0. The number of rotatable bonds is 5. The van der Waals surface area contributed by atoms with Gasteiger partial charge in [-0.05, 0) is 26.0 Å². The molecule has 0 aliphatic rings. The normalized spacial score (nSPS) is 16.2. The molecule has 3 N–H and O–H groups in total. The molecule has 2 heterocycles. The highest BCUT2D eigenvalue weighted by Crippen LogP contribution is 2.25. The van der Waals surface area contributed by atoms with E-state index in [2.05, 4.69) is 10.1 Å². The molecule has 7 nitrogen and oxygen atoms in total. The van der Waals surface area contributed by atoms with Crippen LogP contribution in [0.4, 0.5) is 5.82 Å². The average molecular weight is 264 g/mol. The van der Waals surface area contributed by atoms with E-state index >= 15 is 0 Å². The fourth-order valence-electron chi connectivity index (χ4n) is 1.85. The second-order valence-electron chi connectivity index (χ2n) is 4.55. The molecule has 0 radical (unpaired) electrons. The maximum atomic E-state index is 10.9. The van der Waals surface area contributed by atoms with E-state index in [4.69, 9.17) is 10.5 Å². The van der Waals surface area contributed by atoms with Crippen molar-refractivity contribution in [1.82, 2.24) is 14.6 Å². The Morgan fingerprint density at radius 1 is 1.63 bits per heavy atom. The summed E-state index contributed by atoms with van der Waals surface area (Å²) in [4.78, 5) is 14.8. The van der Waals surface area contributed by atoms with Crippen molar-refractivity contribution in [1.29, 1.82) is 0 Å². The summed E-state index contributed by atoms with van der Waals surface area (Å²) >= 11 is 0. The molecule has 2 aromatic rings. The first-order valence-electron chi connectivity index (χ1n) is 5.84. The van der Waals surface area contributed by atoms with Crippen molar-refractivity contribution < 1.29 is 14.6 Å². The molecule has 0 aliphatic carbocycles. The summed E-state index contributed by atoms with van der Waals surface area (Å²) in [5.74, 6) is 0.369. The highest BCUT2D eigenvalue weighted by atomic mass is 16.5. The van der Waals surface area contributed by atoms with E-state index in [1.165, 1.54) is 13.3 Å². The molecule has 0 spiro atoms. The minimum Gasteiger partial charge on any atom is -0.393 e. The quantitative estimate of drug-likeness (QED) is 0.755. The Kier molecular flexibility index (Phi) is 3.50. The number of aliphatic hydroxyl groups is 1. The van der Waals surface area contributed by atoms with Crippen LogP contribution in [0.15, 0.2) is 18.5 Å². The van der Waals surface area contributed by atoms with Crippen molar-refractivity contribution in [2.24, 2.45) is 0 Å². The van der Waals surface area contributed by atoms with Crippen LogP contribution in [0.25, 0.3) is 5.52 Å². The van der Waals surface area contributed by atoms with Crippen LogP contribution in [-0.4, -0.2) is 38.2 Å². The number of aromatic nitrogens is 3. The fourth-order valence-corrected chi connectivity index (χ4v) is 1.85. The number of anilines is 1. The number of aldehydes is 1. The van der Waals surface area contributed by atoms with Gasteiger partial charge in [0.15, 0.2) is 12.1 Å². The standard InChI is InChI=1S/C12H16N4O3/c1-8(19-12(2,5-17)6-18)9-3-4-10-11(13)14-7-15-16(9)10/h3-5,7-8,18H,6H2,1-2H3,(H2,13,14,15)/t8?,12-/m1/s1. The molecule has 0 amide bonds. The lowest BCUT2D eigenvalue weighted by Crippen LogP contribution is -2.36. The van der Waals surface area contributed by atoms with Gasteiger partial charge in [-0.1, -0.05) is 0 Å². The second kappa shape index (κ2) is 4.94. The molecule has 2 aromatic heterocycles. The molecule has 7 heteroatoms. The Labute approximate surface area is 110 Å². The van der Waals surface area contributed by atoms with E-state index in [0.29, 0.717) is 17.6 Å². The van der Waals surface area contributed by atoms with Crippen LogP contribution in [-0.2, 0) is 9.53 Å². The third-order valence-corrected chi connectivity index (χ3v) is 2.94. The van der Waals surface area contributed by atoms with E-state index in [1.807, 2.05) is 0 Å². The van der Waals surface area contributed by atoms with Gasteiger partial charge in [0.25, 0.3) is 0 Å². The number of nitrogens with zero attached hydrogens (tertiary/aromatic N) is 3. The number of nitrogen functional groups attached to an aromatic ring is 1. The van der Waals surface area contributed by atoms with Crippen molar-refractivity contribution >= 4 is 17.6 Å². The highest BCUT2D eigenvalue weighted by molar-refractivity contribution is 5.65. The summed E-state index contributed by atoms with van der Waals surface area (Å²) < 4.78 is 7.20. The predicted molar refractivity (Wildman–Crippen MR) is 68.5 cm³/mol. The number of carbonyl (C=O) groups is 1. The van der Waals surface area contributed by atoms with E-state index in [1.54, 1.807) is 23.6 Å². The lowest BCUT2D eigenvalue weighted by Gasteiger charge is -2.25. The van der Waals surface area contributed by atoms with E-state index < -0.39 is 11.7 Å². The Balaban J connectivity index is 2.34. The maximum absolute atomic E-state index is 10.9. The molecule has 1 unspecified atom stereocenters. The number of carbonyl (C=O) groups excluding carboxylic acids is 1. The van der Waals surface area contributed by atoms with Gasteiger partial charge >= 0.3 is 0 Å². The molecule has 0 aliphatic heterocycles. The molecule has 19 heavy (non-hydrogen) atoms. The predicted octanol–water partition coefficient (Wildman–Crippen LogP) is 0.339. The lowest BCUT2D eigenvalue weighted by molar-refractivity contribution is -0.143. The molecule has 0 saturated carbocycles. The minimum atomic E-state index is -1.23. The first-order valence-corrected chi connectivity index (χ1v) is 5.84. The molecule has 2 atom stereocenters. The number of hydrogen-bond acceptors (Lipinski definition) is 6. The number of ether oxygens (including phenoxy) is 1. The van der Waals surface area contributed by atoms with Gasteiger partial charge < -0.3 is 20.4 Å². The van der Waals surface area contributed by atoms with Crippen LogP contribution in [0.3, 0.4) is 0 Å². The molecular formula is C12H16N4O3. The van der Waals surface area contributed by atoms with Crippen LogP contribution < -0.4 is 5.73 Å². The summed E-state index contributed by atoms with van der Waals surface area (Å²) in [5, 5.41) is 13.3. The summed E-state index contributed by atoms with van der Waals surface area (Å²) in [6.45, 7) is 2.91. The SMILES string of the molecule is CC(O[C@](C)(C=O)CO)c1ccc2c(N)ncnn12. The molecule has 0 aromatic carbocycles. The monoisotopic (exact) mass is 264 g/mol. The summed E-state index contributed by atoms with van der Waals surface area (Å²) in [6.07, 6.45) is 1.51. The third-order valence-electron chi connectivity index (χ3n) is 2.94. The summed E-state index contributed by atoms with van der Waals surface area (Å²) in [5.41, 5.74) is 5.90. The Hall–Kier alpha value is -1.99. The smallest absolute Gasteiger partial charge is 0.153 e. The molecular weight excluding hydrogens is 248 g/mol. The van der Waals surface area contributed by atoms with Gasteiger partial charge in [-0.3, -0.25) is 0 Å². The van der Waals surface area contributed by atoms with Gasteiger partial charge in [0.05, 0.1) is 18.4 Å². The van der Waals surface area contributed by atoms with Crippen molar-refractivity contribution in [3.8, 4) is 0 Å². The van der Waals surface area contributed by atoms with Crippen molar-refractivity contribution in [2.45, 2.75) is 25.6 Å². The van der Waals surface area contributed by atoms with Crippen LogP contribution in [0, 0.1) is 0 Å². The second-order valence-corrected chi connectivity index (χ2v) is 4.55. The number of aliphatic hydroxyl groups excluding tert-OH is 1. The maximum Gasteiger partial charge on any atom is 0.153 e. The first kappa shape index (κ1) is 13.4. The largest absolute Gasteiger partial charge is 0.393 e. The van der Waals surface area contributed by atoms with Crippen molar-refractivity contribution in [3.63, 3.8) is 0 Å². The van der Waals surface area contributed by atoms with E-state index in [-0.39, 0.29) is 6.61 Å². The van der Waals surface area contributed by atoms with Gasteiger partial charge in [-0.15, -0.1) is 0 Å². The number of fused-ring (bicyclic) bond motifs is 1. The number of nitrogens with two attached hydrogens (primary N) is 1. The molecule has 0 fully saturated rings. The van der Waals surface area contributed by atoms with Crippen molar-refractivity contribution in [3.05, 3.63) is 24.2 Å². The van der Waals surface area contributed by atoms with Crippen LogP contribution in [0.5, 0.6) is 0 Å². The summed E-state index contributed by atoms with van der Waals surface area (Å²) in [6, 6.07) is 3.58. The highest BCUT2D eigenvalue weighted by Gasteiger charge is 2.28. The Bertz CT molecular complexity index is 598. The average Bonchev–Trinajstić information content (AvgIpc) is 2.84. The Morgan fingerprint density at radius 3 is 3.00 bits per heavy atom. The zero-order valence-corrected chi connectivity index (χ0v) is 10.8. The van der Waals surface area contributed by atoms with Crippen LogP contribution >= 0.6 is 0 Å². The third kappa shape index (κ3) is 2.42. The van der Waals surface area contributed by atoms with E-state index in [9.17, 15) is 9.90 Å². The van der Waals surface area contributed by atoms with Gasteiger partial charge in [0.2, 0.25) is 0 Å². The lowest BCUT2D eigenvalue weighted by atomic mass is 10.1. The zero-order valence-electron chi connectivity index (χ0n) is 10.8. The molecule has 2 rings (SSSR count). The topological polar surface area (TPSA) is 103 Å². The van der Waals surface area contributed by atoms with Crippen LogP contribution in [0.2, 0.25) is 0 Å². The fraction of sp³-hybridized carbons (Fsp3) is 0.417. The molecule has 102 valence electrons. The van der Waals surface area contributed by atoms with Gasteiger partial charge in [0.1, 0.15) is 17.4 Å². The molecule has 0 saturated heterocycles. The van der Waals surface area contributed by atoms with Gasteiger partial charge in [0, 0.05) is 0 Å². The Morgan fingerprint density at radius 2 is 2.37 bits per heavy atom. The van der Waals surface area contributed by atoms with E-state index in [0.717, 1.165) is 5.69 Å². The zero-order chi connectivity index (χ0) is 14.0. The van der Waals surface area contributed by atoms with Gasteiger partial charge in [-0.25, -0.2) is 9.50 Å². The van der Waals surface area contributed by atoms with Crippen molar-refractivity contribution in [2.75, 3.05) is 12.3 Å².